The Labute approximate surface area is 166 Å². The molecule has 0 aliphatic carbocycles. The van der Waals surface area contributed by atoms with Crippen molar-refractivity contribution < 1.29 is 18.7 Å². The SMILES string of the molecule is C=NN(C(=C)C)c1nnc(NC(=O)c2cc(Br)c(OCCOC)c(=O)o2)s1. The molecule has 0 spiro atoms. The number of ether oxygens (including phenoxy) is 2. The van der Waals surface area contributed by atoms with Crippen LogP contribution < -0.4 is 20.7 Å². The van der Waals surface area contributed by atoms with Crippen LogP contribution in [0.3, 0.4) is 0 Å². The van der Waals surface area contributed by atoms with Crippen LogP contribution in [0.2, 0.25) is 0 Å². The number of hydrogen-bond acceptors (Lipinski definition) is 10. The number of amides is 1. The summed E-state index contributed by atoms with van der Waals surface area (Å²) in [6, 6.07) is 1.33. The Kier molecular flexibility index (Phi) is 7.21. The predicted octanol–water partition coefficient (Wildman–Crippen LogP) is 2.49. The minimum atomic E-state index is -0.798. The molecule has 0 atom stereocenters. The fourth-order valence-electron chi connectivity index (χ4n) is 1.78. The number of hydrogen-bond donors (Lipinski definition) is 1. The van der Waals surface area contributed by atoms with Crippen LogP contribution in [0.4, 0.5) is 10.3 Å². The normalized spacial score (nSPS) is 10.3. The Bertz CT molecular complexity index is 912. The number of allylic oxidation sites excluding steroid dienone is 1. The lowest BCUT2D eigenvalue weighted by atomic mass is 10.3. The molecule has 144 valence electrons. The molecule has 27 heavy (non-hydrogen) atoms. The lowest BCUT2D eigenvalue weighted by molar-refractivity contribution is 0.0989. The molecule has 1 N–H and O–H groups in total. The van der Waals surface area contributed by atoms with Crippen LogP contribution in [0.5, 0.6) is 5.75 Å². The monoisotopic (exact) mass is 457 g/mol. The third-order valence-electron chi connectivity index (χ3n) is 2.94. The molecule has 0 fully saturated rings. The molecular weight excluding hydrogens is 442 g/mol. The highest BCUT2D eigenvalue weighted by atomic mass is 79.9. The highest BCUT2D eigenvalue weighted by Crippen LogP contribution is 2.27. The van der Waals surface area contributed by atoms with Crippen LogP contribution >= 0.6 is 27.3 Å². The van der Waals surface area contributed by atoms with Crippen molar-refractivity contribution in [2.75, 3.05) is 30.6 Å². The molecule has 2 aromatic rings. The summed E-state index contributed by atoms with van der Waals surface area (Å²) >= 11 is 4.23. The lowest BCUT2D eigenvalue weighted by Gasteiger charge is -2.12. The first-order chi connectivity index (χ1) is 12.9. The second kappa shape index (κ2) is 9.39. The number of nitrogens with zero attached hydrogens (tertiary/aromatic N) is 4. The minimum Gasteiger partial charge on any atom is -0.483 e. The van der Waals surface area contributed by atoms with Crippen LogP contribution in [0.15, 0.2) is 37.1 Å². The van der Waals surface area contributed by atoms with Gasteiger partial charge in [-0.15, -0.1) is 10.2 Å². The first kappa shape index (κ1) is 20.7. The Morgan fingerprint density at radius 3 is 2.81 bits per heavy atom. The van der Waals surface area contributed by atoms with Gasteiger partial charge in [-0.05, 0) is 22.9 Å². The van der Waals surface area contributed by atoms with Gasteiger partial charge < -0.3 is 13.9 Å². The maximum Gasteiger partial charge on any atom is 0.380 e. The summed E-state index contributed by atoms with van der Waals surface area (Å²) in [7, 11) is 1.51. The van der Waals surface area contributed by atoms with E-state index in [1.165, 1.54) is 18.2 Å². The van der Waals surface area contributed by atoms with Gasteiger partial charge in [-0.1, -0.05) is 17.9 Å². The van der Waals surface area contributed by atoms with Crippen molar-refractivity contribution in [2.45, 2.75) is 6.92 Å². The van der Waals surface area contributed by atoms with E-state index in [9.17, 15) is 9.59 Å². The number of anilines is 2. The number of aromatic nitrogens is 2. The van der Waals surface area contributed by atoms with E-state index in [1.54, 1.807) is 6.92 Å². The van der Waals surface area contributed by atoms with E-state index in [2.05, 4.69) is 49.8 Å². The van der Waals surface area contributed by atoms with Gasteiger partial charge in [0.25, 0.3) is 5.91 Å². The molecule has 0 aliphatic rings. The van der Waals surface area contributed by atoms with Crippen molar-refractivity contribution in [1.82, 2.24) is 10.2 Å². The van der Waals surface area contributed by atoms with Crippen LogP contribution in [0, 0.1) is 0 Å². The van der Waals surface area contributed by atoms with Gasteiger partial charge >= 0.3 is 5.63 Å². The zero-order valence-corrected chi connectivity index (χ0v) is 16.9. The predicted molar refractivity (Wildman–Crippen MR) is 105 cm³/mol. The number of carbonyl (C=O) groups is 1. The first-order valence-corrected chi connectivity index (χ1v) is 9.00. The van der Waals surface area contributed by atoms with Crippen LogP contribution in [-0.2, 0) is 4.74 Å². The van der Waals surface area contributed by atoms with Crippen LogP contribution in [0.1, 0.15) is 17.5 Å². The van der Waals surface area contributed by atoms with Gasteiger partial charge in [-0.25, -0.2) is 9.80 Å². The van der Waals surface area contributed by atoms with Crippen molar-refractivity contribution in [3.05, 3.63) is 39.0 Å². The average molecular weight is 458 g/mol. The van der Waals surface area contributed by atoms with Crippen molar-refractivity contribution in [2.24, 2.45) is 5.10 Å². The molecule has 2 aromatic heterocycles. The van der Waals surface area contributed by atoms with E-state index in [0.717, 1.165) is 11.3 Å². The number of halogens is 1. The molecule has 0 saturated carbocycles. The van der Waals surface area contributed by atoms with E-state index in [-0.39, 0.29) is 27.7 Å². The van der Waals surface area contributed by atoms with Crippen molar-refractivity contribution in [3.63, 3.8) is 0 Å². The molecule has 0 saturated heterocycles. The number of hydrazone groups is 1. The summed E-state index contributed by atoms with van der Waals surface area (Å²) < 4.78 is 15.4. The van der Waals surface area contributed by atoms with Gasteiger partial charge in [-0.3, -0.25) is 10.1 Å². The van der Waals surface area contributed by atoms with Gasteiger partial charge in [0.15, 0.2) is 5.76 Å². The number of carbonyl (C=O) groups excluding carboxylic acids is 1. The van der Waals surface area contributed by atoms with Gasteiger partial charge in [0.05, 0.1) is 11.1 Å². The number of nitrogens with one attached hydrogen (secondary N) is 1. The van der Waals surface area contributed by atoms with Gasteiger partial charge in [0.1, 0.15) is 6.61 Å². The smallest absolute Gasteiger partial charge is 0.380 e. The van der Waals surface area contributed by atoms with E-state index in [1.807, 2.05) is 0 Å². The quantitative estimate of drug-likeness (QED) is 0.346. The molecule has 2 rings (SSSR count). The molecule has 0 bridgehead atoms. The molecule has 12 heteroatoms. The maximum absolute atomic E-state index is 12.3. The lowest BCUT2D eigenvalue weighted by Crippen LogP contribution is -2.17. The summed E-state index contributed by atoms with van der Waals surface area (Å²) in [5.41, 5.74) is -0.217. The van der Waals surface area contributed by atoms with Gasteiger partial charge in [0.2, 0.25) is 16.0 Å². The maximum atomic E-state index is 12.3. The van der Waals surface area contributed by atoms with E-state index in [4.69, 9.17) is 13.9 Å². The Morgan fingerprint density at radius 2 is 2.22 bits per heavy atom. The highest BCUT2D eigenvalue weighted by molar-refractivity contribution is 9.10. The van der Waals surface area contributed by atoms with E-state index >= 15 is 0 Å². The number of methoxy groups -OCH3 is 1. The molecule has 1 amide bonds. The molecule has 2 heterocycles. The Hall–Kier alpha value is -2.57. The molecule has 0 aromatic carbocycles. The molecular formula is C15H16BrN5O5S. The van der Waals surface area contributed by atoms with Crippen molar-refractivity contribution in [1.29, 1.82) is 0 Å². The molecule has 0 radical (unpaired) electrons. The highest BCUT2D eigenvalue weighted by Gasteiger charge is 2.19. The third-order valence-corrected chi connectivity index (χ3v) is 4.34. The minimum absolute atomic E-state index is 0.0454. The summed E-state index contributed by atoms with van der Waals surface area (Å²) in [6.45, 7) is 9.35. The van der Waals surface area contributed by atoms with Gasteiger partial charge in [-0.2, -0.15) is 5.10 Å². The average Bonchev–Trinajstić information content (AvgIpc) is 3.05. The topological polar surface area (TPSA) is 119 Å². The second-order valence-corrected chi connectivity index (χ2v) is 6.76. The van der Waals surface area contributed by atoms with Crippen molar-refractivity contribution >= 4 is 50.2 Å². The molecule has 0 unspecified atom stereocenters. The van der Waals surface area contributed by atoms with Gasteiger partial charge in [0, 0.05) is 25.6 Å². The largest absolute Gasteiger partial charge is 0.483 e. The molecule has 0 aliphatic heterocycles. The first-order valence-electron chi connectivity index (χ1n) is 7.40. The van der Waals surface area contributed by atoms with Crippen molar-refractivity contribution in [3.8, 4) is 5.75 Å². The Balaban J connectivity index is 2.14. The standard InChI is InChI=1S/C15H16BrN5O5S/c1-8(2)21(17-3)15-20-19-14(27-15)18-12(22)10-7-9(16)11(13(23)26-10)25-6-5-24-4/h7H,1,3,5-6H2,2,4H3,(H,18,19,22). The summed E-state index contributed by atoms with van der Waals surface area (Å²) in [4.78, 5) is 24.3. The van der Waals surface area contributed by atoms with Crippen LogP contribution in [-0.4, -0.2) is 43.1 Å². The number of rotatable bonds is 9. The fraction of sp³-hybridized carbons (Fsp3) is 0.267. The third kappa shape index (κ3) is 5.21. The summed E-state index contributed by atoms with van der Waals surface area (Å²) in [6.07, 6.45) is 0. The summed E-state index contributed by atoms with van der Waals surface area (Å²) in [5.74, 6) is -0.940. The van der Waals surface area contributed by atoms with E-state index in [0.29, 0.717) is 17.4 Å². The zero-order valence-electron chi connectivity index (χ0n) is 14.5. The second-order valence-electron chi connectivity index (χ2n) is 4.95. The zero-order chi connectivity index (χ0) is 20.0. The fourth-order valence-corrected chi connectivity index (χ4v) is 3.04. The Morgan fingerprint density at radius 1 is 1.48 bits per heavy atom. The van der Waals surface area contributed by atoms with Crippen LogP contribution in [0.25, 0.3) is 0 Å². The molecule has 10 nitrogen and oxygen atoms in total. The summed E-state index contributed by atoms with van der Waals surface area (Å²) in [5, 5.41) is 15.9. The van der Waals surface area contributed by atoms with E-state index < -0.39 is 11.5 Å².